The number of amides is 1. The minimum Gasteiger partial charge on any atom is -0.454 e. The van der Waals surface area contributed by atoms with Crippen LogP contribution in [0.5, 0.6) is 11.5 Å². The van der Waals surface area contributed by atoms with E-state index in [9.17, 15) is 14.4 Å². The van der Waals surface area contributed by atoms with E-state index in [0.717, 1.165) is 30.5 Å². The number of ether oxygens (including phenoxy) is 1. The quantitative estimate of drug-likeness (QED) is 0.615. The Kier molecular flexibility index (Phi) is 5.62. The predicted octanol–water partition coefficient (Wildman–Crippen LogP) is 2.12. The SMILES string of the molecule is N#CN1CCC[C@@H](N2C=C(c3ccc(Oc4ccccc4F)cc3)C3C(N)NNC(=O)C32)C1. The highest BCUT2D eigenvalue weighted by molar-refractivity contribution is 5.89. The summed E-state index contributed by atoms with van der Waals surface area (Å²) in [7, 11) is 0. The van der Waals surface area contributed by atoms with Crippen LogP contribution in [0.2, 0.25) is 0 Å². The molecule has 5 rings (SSSR count). The molecule has 4 atom stereocenters. The van der Waals surface area contributed by atoms with Crippen molar-refractivity contribution in [2.75, 3.05) is 13.1 Å². The molecule has 4 N–H and O–H groups in total. The average molecular weight is 449 g/mol. The van der Waals surface area contributed by atoms with E-state index in [4.69, 9.17) is 10.5 Å². The number of likely N-dealkylation sites (tertiary alicyclic amines) is 1. The fourth-order valence-electron chi connectivity index (χ4n) is 4.95. The van der Waals surface area contributed by atoms with Crippen LogP contribution in [0.3, 0.4) is 0 Å². The normalized spacial score (nSPS) is 26.8. The van der Waals surface area contributed by atoms with Gasteiger partial charge in [0.05, 0.1) is 6.17 Å². The minimum atomic E-state index is -0.464. The van der Waals surface area contributed by atoms with Gasteiger partial charge >= 0.3 is 0 Å². The lowest BCUT2D eigenvalue weighted by atomic mass is 9.86. The molecule has 3 heterocycles. The van der Waals surface area contributed by atoms with Crippen molar-refractivity contribution in [1.29, 1.82) is 5.26 Å². The number of nitrogens with one attached hydrogen (secondary N) is 2. The van der Waals surface area contributed by atoms with Crippen molar-refractivity contribution in [2.45, 2.75) is 31.1 Å². The van der Waals surface area contributed by atoms with Gasteiger partial charge in [0.15, 0.2) is 17.8 Å². The summed E-state index contributed by atoms with van der Waals surface area (Å²) in [6.07, 6.45) is 5.57. The Morgan fingerprint density at radius 3 is 2.73 bits per heavy atom. The summed E-state index contributed by atoms with van der Waals surface area (Å²) in [5.41, 5.74) is 13.8. The van der Waals surface area contributed by atoms with Crippen LogP contribution < -0.4 is 21.3 Å². The number of halogens is 1. The maximum atomic E-state index is 13.9. The van der Waals surface area contributed by atoms with E-state index in [2.05, 4.69) is 21.9 Å². The van der Waals surface area contributed by atoms with Gasteiger partial charge in [0.2, 0.25) is 0 Å². The number of nitrogens with two attached hydrogens (primary N) is 1. The Labute approximate surface area is 191 Å². The third-order valence-electron chi connectivity index (χ3n) is 6.54. The molecule has 170 valence electrons. The lowest BCUT2D eigenvalue weighted by Gasteiger charge is -2.42. The third kappa shape index (κ3) is 3.99. The minimum absolute atomic E-state index is 0.0445. The fraction of sp³-hybridized carbons (Fsp3) is 0.333. The van der Waals surface area contributed by atoms with Crippen LogP contribution in [0.25, 0.3) is 5.57 Å². The maximum Gasteiger partial charge on any atom is 0.257 e. The molecule has 0 saturated carbocycles. The van der Waals surface area contributed by atoms with Crippen LogP contribution in [0.1, 0.15) is 18.4 Å². The molecule has 2 aromatic carbocycles. The Morgan fingerprint density at radius 1 is 1.18 bits per heavy atom. The molecule has 3 unspecified atom stereocenters. The van der Waals surface area contributed by atoms with Crippen LogP contribution >= 0.6 is 0 Å². The molecule has 0 aliphatic carbocycles. The second-order valence-electron chi connectivity index (χ2n) is 8.56. The Morgan fingerprint density at radius 2 is 1.97 bits per heavy atom. The van der Waals surface area contributed by atoms with Crippen LogP contribution in [0.4, 0.5) is 4.39 Å². The highest BCUT2D eigenvalue weighted by Gasteiger charge is 2.48. The summed E-state index contributed by atoms with van der Waals surface area (Å²) in [6, 6.07) is 13.2. The summed E-state index contributed by atoms with van der Waals surface area (Å²) in [4.78, 5) is 16.7. The summed E-state index contributed by atoms with van der Waals surface area (Å²) in [5, 5.41) is 9.35. The average Bonchev–Trinajstić information content (AvgIpc) is 3.25. The van der Waals surface area contributed by atoms with Crippen molar-refractivity contribution in [2.24, 2.45) is 11.7 Å². The highest BCUT2D eigenvalue weighted by Crippen LogP contribution is 2.41. The number of nitrogens with zero attached hydrogens (tertiary/aromatic N) is 3. The van der Waals surface area contributed by atoms with E-state index in [1.54, 1.807) is 35.2 Å². The fourth-order valence-corrected chi connectivity index (χ4v) is 4.95. The van der Waals surface area contributed by atoms with E-state index in [-0.39, 0.29) is 23.6 Å². The van der Waals surface area contributed by atoms with Crippen molar-refractivity contribution in [1.82, 2.24) is 20.7 Å². The van der Waals surface area contributed by atoms with Crippen LogP contribution in [0, 0.1) is 23.2 Å². The van der Waals surface area contributed by atoms with E-state index in [1.165, 1.54) is 6.07 Å². The largest absolute Gasteiger partial charge is 0.454 e. The van der Waals surface area contributed by atoms with Gasteiger partial charge in [-0.3, -0.25) is 10.2 Å². The molecule has 33 heavy (non-hydrogen) atoms. The number of hydrogen-bond donors (Lipinski definition) is 3. The molecule has 2 saturated heterocycles. The molecular formula is C24H25FN6O2. The molecule has 2 aromatic rings. The second kappa shape index (κ2) is 8.73. The molecule has 0 bridgehead atoms. The number of benzene rings is 2. The number of para-hydroxylation sites is 1. The Bertz CT molecular complexity index is 1110. The van der Waals surface area contributed by atoms with Gasteiger partial charge in [-0.1, -0.05) is 24.3 Å². The molecule has 0 spiro atoms. The number of rotatable bonds is 4. The lowest BCUT2D eigenvalue weighted by molar-refractivity contribution is -0.131. The molecule has 0 aromatic heterocycles. The summed E-state index contributed by atoms with van der Waals surface area (Å²) in [6.45, 7) is 1.32. The van der Waals surface area contributed by atoms with Gasteiger partial charge in [-0.25, -0.2) is 9.82 Å². The summed E-state index contributed by atoms with van der Waals surface area (Å²) < 4.78 is 19.6. The zero-order chi connectivity index (χ0) is 22.9. The number of nitriles is 1. The first-order chi connectivity index (χ1) is 16.0. The molecule has 3 aliphatic rings. The zero-order valence-corrected chi connectivity index (χ0v) is 17.9. The van der Waals surface area contributed by atoms with Crippen LogP contribution in [-0.4, -0.2) is 47.0 Å². The number of hydrogen-bond acceptors (Lipinski definition) is 7. The standard InChI is InChI=1S/C24H25FN6O2/c25-19-5-1-2-6-20(19)33-17-9-7-15(8-10-17)18-13-31(16-4-3-11-30(12-16)14-26)22-21(18)23(27)28-29-24(22)32/h1-2,5-10,13,16,21-23,28H,3-4,11-12,27H2,(H,29,32)/t16-,21?,22?,23?/m1/s1. The van der Waals surface area contributed by atoms with E-state index < -0.39 is 18.0 Å². The summed E-state index contributed by atoms with van der Waals surface area (Å²) in [5.74, 6) is -0.151. The zero-order valence-electron chi connectivity index (χ0n) is 17.9. The number of piperidine rings is 1. The highest BCUT2D eigenvalue weighted by atomic mass is 19.1. The third-order valence-corrected chi connectivity index (χ3v) is 6.54. The van der Waals surface area contributed by atoms with Crippen LogP contribution in [-0.2, 0) is 4.79 Å². The van der Waals surface area contributed by atoms with Gasteiger partial charge in [-0.15, -0.1) is 0 Å². The van der Waals surface area contributed by atoms with E-state index >= 15 is 0 Å². The monoisotopic (exact) mass is 448 g/mol. The van der Waals surface area contributed by atoms with Crippen molar-refractivity contribution in [3.8, 4) is 17.7 Å². The molecular weight excluding hydrogens is 423 g/mol. The maximum absolute atomic E-state index is 13.9. The van der Waals surface area contributed by atoms with Crippen molar-refractivity contribution in [3.63, 3.8) is 0 Å². The Hall–Kier alpha value is -3.61. The number of carbonyl (C=O) groups is 1. The van der Waals surface area contributed by atoms with E-state index in [1.807, 2.05) is 18.3 Å². The van der Waals surface area contributed by atoms with Crippen molar-refractivity contribution in [3.05, 3.63) is 66.1 Å². The molecule has 1 amide bonds. The number of carbonyl (C=O) groups excluding carboxylic acids is 1. The van der Waals surface area contributed by atoms with Gasteiger partial charge in [0.25, 0.3) is 5.91 Å². The Balaban J connectivity index is 1.43. The predicted molar refractivity (Wildman–Crippen MR) is 119 cm³/mol. The second-order valence-corrected chi connectivity index (χ2v) is 8.56. The van der Waals surface area contributed by atoms with E-state index in [0.29, 0.717) is 12.3 Å². The summed E-state index contributed by atoms with van der Waals surface area (Å²) >= 11 is 0. The van der Waals surface area contributed by atoms with Gasteiger partial charge < -0.3 is 20.3 Å². The molecule has 9 heteroatoms. The molecule has 3 aliphatic heterocycles. The topological polar surface area (TPSA) is 107 Å². The van der Waals surface area contributed by atoms with Crippen molar-refractivity contribution < 1.29 is 13.9 Å². The first-order valence-electron chi connectivity index (χ1n) is 11.0. The first kappa shape index (κ1) is 21.2. The first-order valence-corrected chi connectivity index (χ1v) is 11.0. The van der Waals surface area contributed by atoms with Gasteiger partial charge in [0, 0.05) is 31.2 Å². The molecule has 8 nitrogen and oxygen atoms in total. The number of fused-ring (bicyclic) bond motifs is 1. The van der Waals surface area contributed by atoms with Gasteiger partial charge in [-0.05, 0) is 48.2 Å². The molecule has 2 fully saturated rings. The molecule has 0 radical (unpaired) electrons. The van der Waals surface area contributed by atoms with Crippen molar-refractivity contribution >= 4 is 11.5 Å². The van der Waals surface area contributed by atoms with Gasteiger partial charge in [0.1, 0.15) is 11.8 Å². The smallest absolute Gasteiger partial charge is 0.257 e. The lowest BCUT2D eigenvalue weighted by Crippen LogP contribution is -2.67. The van der Waals surface area contributed by atoms with Crippen LogP contribution in [0.15, 0.2) is 54.7 Å². The number of hydrazine groups is 1. The van der Waals surface area contributed by atoms with Gasteiger partial charge in [-0.2, -0.15) is 5.26 Å².